The molecule has 0 unspecified atom stereocenters. The fourth-order valence-electron chi connectivity index (χ4n) is 1.75. The predicted molar refractivity (Wildman–Crippen MR) is 82.2 cm³/mol. The monoisotopic (exact) mass is 309 g/mol. The minimum atomic E-state index is -0.159. The summed E-state index contributed by atoms with van der Waals surface area (Å²) in [6, 6.07) is 12.0. The summed E-state index contributed by atoms with van der Waals surface area (Å²) in [5, 5.41) is 0.788. The number of rotatable bonds is 3. The van der Waals surface area contributed by atoms with E-state index in [-0.39, 0.29) is 5.91 Å². The Balaban J connectivity index is 2.24. The molecule has 0 saturated carbocycles. The highest BCUT2D eigenvalue weighted by atomic mass is 35.5. The molecule has 1 amide bonds. The first kappa shape index (κ1) is 14.7. The number of benzene rings is 2. The number of methoxy groups -OCH3 is 1. The van der Waals surface area contributed by atoms with E-state index in [1.807, 2.05) is 12.1 Å². The van der Waals surface area contributed by atoms with Crippen molar-refractivity contribution in [2.75, 3.05) is 19.1 Å². The van der Waals surface area contributed by atoms with Crippen molar-refractivity contribution >= 4 is 34.8 Å². The summed E-state index contributed by atoms with van der Waals surface area (Å²) in [7, 11) is 3.30. The van der Waals surface area contributed by atoms with Gasteiger partial charge in [0.2, 0.25) is 0 Å². The molecule has 0 aromatic heterocycles. The van der Waals surface area contributed by atoms with Crippen LogP contribution >= 0.6 is 23.2 Å². The molecule has 0 spiro atoms. The smallest absolute Gasteiger partial charge is 0.258 e. The van der Waals surface area contributed by atoms with Crippen LogP contribution < -0.4 is 9.64 Å². The lowest BCUT2D eigenvalue weighted by Crippen LogP contribution is -2.26. The molecule has 0 aliphatic rings. The van der Waals surface area contributed by atoms with E-state index in [4.69, 9.17) is 27.9 Å². The van der Waals surface area contributed by atoms with Crippen LogP contribution in [0.1, 0.15) is 10.4 Å². The number of hydrogen-bond acceptors (Lipinski definition) is 2. The van der Waals surface area contributed by atoms with Gasteiger partial charge >= 0.3 is 0 Å². The van der Waals surface area contributed by atoms with E-state index in [2.05, 4.69) is 0 Å². The van der Waals surface area contributed by atoms with Crippen molar-refractivity contribution in [1.82, 2.24) is 0 Å². The van der Waals surface area contributed by atoms with Crippen LogP contribution in [-0.4, -0.2) is 20.1 Å². The van der Waals surface area contributed by atoms with E-state index in [1.165, 1.54) is 0 Å². The molecule has 3 nitrogen and oxygen atoms in total. The van der Waals surface area contributed by atoms with Gasteiger partial charge < -0.3 is 9.64 Å². The summed E-state index contributed by atoms with van der Waals surface area (Å²) in [6.07, 6.45) is 0. The van der Waals surface area contributed by atoms with E-state index in [0.29, 0.717) is 15.6 Å². The molecule has 0 bridgehead atoms. The molecule has 104 valence electrons. The number of ether oxygens (including phenoxy) is 1. The summed E-state index contributed by atoms with van der Waals surface area (Å²) >= 11 is 11.8. The van der Waals surface area contributed by atoms with Crippen molar-refractivity contribution in [2.24, 2.45) is 0 Å². The molecule has 0 fully saturated rings. The number of carbonyl (C=O) groups is 1. The van der Waals surface area contributed by atoms with E-state index >= 15 is 0 Å². The van der Waals surface area contributed by atoms with Gasteiger partial charge in [0, 0.05) is 18.3 Å². The van der Waals surface area contributed by atoms with E-state index in [9.17, 15) is 4.79 Å². The summed E-state index contributed by atoms with van der Waals surface area (Å²) < 4.78 is 5.09. The minimum Gasteiger partial charge on any atom is -0.497 e. The summed E-state index contributed by atoms with van der Waals surface area (Å²) in [6.45, 7) is 0. The zero-order valence-corrected chi connectivity index (χ0v) is 12.6. The zero-order valence-electron chi connectivity index (χ0n) is 11.1. The SMILES string of the molecule is COc1ccc(N(C)C(=O)c2ccc(Cl)c(Cl)c2)cc1. The highest BCUT2D eigenvalue weighted by Gasteiger charge is 2.14. The maximum atomic E-state index is 12.4. The fraction of sp³-hybridized carbons (Fsp3) is 0.133. The zero-order chi connectivity index (χ0) is 14.7. The fourth-order valence-corrected chi connectivity index (χ4v) is 2.04. The molecule has 0 aliphatic carbocycles. The van der Waals surface area contributed by atoms with Crippen LogP contribution in [0.5, 0.6) is 5.75 Å². The topological polar surface area (TPSA) is 29.5 Å². The number of carbonyl (C=O) groups excluding carboxylic acids is 1. The molecule has 2 rings (SSSR count). The Morgan fingerprint density at radius 1 is 1.05 bits per heavy atom. The average Bonchev–Trinajstić information content (AvgIpc) is 2.48. The Morgan fingerprint density at radius 2 is 1.70 bits per heavy atom. The molecule has 0 aliphatic heterocycles. The predicted octanol–water partition coefficient (Wildman–Crippen LogP) is 4.28. The molecule has 20 heavy (non-hydrogen) atoms. The van der Waals surface area contributed by atoms with Crippen molar-refractivity contribution < 1.29 is 9.53 Å². The van der Waals surface area contributed by atoms with Gasteiger partial charge in [0.05, 0.1) is 17.2 Å². The second-order valence-electron chi connectivity index (χ2n) is 4.19. The Hall–Kier alpha value is -1.71. The third kappa shape index (κ3) is 3.06. The molecule has 5 heteroatoms. The van der Waals surface area contributed by atoms with Crippen molar-refractivity contribution in [1.29, 1.82) is 0 Å². The van der Waals surface area contributed by atoms with Crippen LogP contribution in [0, 0.1) is 0 Å². The van der Waals surface area contributed by atoms with Gasteiger partial charge in [0.1, 0.15) is 5.75 Å². The van der Waals surface area contributed by atoms with Gasteiger partial charge in [-0.15, -0.1) is 0 Å². The first-order valence-electron chi connectivity index (χ1n) is 5.90. The van der Waals surface area contributed by atoms with Crippen molar-refractivity contribution in [2.45, 2.75) is 0 Å². The van der Waals surface area contributed by atoms with Gasteiger partial charge in [-0.25, -0.2) is 0 Å². The first-order chi connectivity index (χ1) is 9.52. The second kappa shape index (κ2) is 6.16. The van der Waals surface area contributed by atoms with Crippen LogP contribution in [0.3, 0.4) is 0 Å². The van der Waals surface area contributed by atoms with E-state index in [0.717, 1.165) is 11.4 Å². The number of anilines is 1. The van der Waals surface area contributed by atoms with E-state index < -0.39 is 0 Å². The molecule has 0 saturated heterocycles. The first-order valence-corrected chi connectivity index (χ1v) is 6.65. The quantitative estimate of drug-likeness (QED) is 0.847. The number of halogens is 2. The summed E-state index contributed by atoms with van der Waals surface area (Å²) in [4.78, 5) is 13.9. The maximum Gasteiger partial charge on any atom is 0.258 e. The second-order valence-corrected chi connectivity index (χ2v) is 5.01. The number of amides is 1. The van der Waals surface area contributed by atoms with Crippen molar-refractivity contribution in [3.63, 3.8) is 0 Å². The Labute approximate surface area is 127 Å². The van der Waals surface area contributed by atoms with Crippen LogP contribution in [0.4, 0.5) is 5.69 Å². The van der Waals surface area contributed by atoms with Gasteiger partial charge in [0.15, 0.2) is 0 Å². The van der Waals surface area contributed by atoms with E-state index in [1.54, 1.807) is 49.4 Å². The minimum absolute atomic E-state index is 0.159. The number of nitrogens with zero attached hydrogens (tertiary/aromatic N) is 1. The molecular formula is C15H13Cl2NO2. The van der Waals surface area contributed by atoms with Gasteiger partial charge in [-0.2, -0.15) is 0 Å². The molecule has 2 aromatic rings. The van der Waals surface area contributed by atoms with Crippen LogP contribution in [0.25, 0.3) is 0 Å². The molecule has 2 aromatic carbocycles. The highest BCUT2D eigenvalue weighted by Crippen LogP contribution is 2.25. The van der Waals surface area contributed by atoms with Gasteiger partial charge in [-0.1, -0.05) is 23.2 Å². The normalized spacial score (nSPS) is 10.2. The third-order valence-electron chi connectivity index (χ3n) is 2.93. The third-order valence-corrected chi connectivity index (χ3v) is 3.67. The van der Waals surface area contributed by atoms with Crippen LogP contribution in [-0.2, 0) is 0 Å². The van der Waals surface area contributed by atoms with Crippen molar-refractivity contribution in [3.05, 3.63) is 58.1 Å². The lowest BCUT2D eigenvalue weighted by Gasteiger charge is -2.18. The van der Waals surface area contributed by atoms with Gasteiger partial charge in [-0.05, 0) is 42.5 Å². The van der Waals surface area contributed by atoms with Gasteiger partial charge in [-0.3, -0.25) is 4.79 Å². The Bertz CT molecular complexity index is 626. The molecular weight excluding hydrogens is 297 g/mol. The van der Waals surface area contributed by atoms with Crippen molar-refractivity contribution in [3.8, 4) is 5.75 Å². The molecule has 0 heterocycles. The van der Waals surface area contributed by atoms with Crippen LogP contribution in [0.15, 0.2) is 42.5 Å². The average molecular weight is 310 g/mol. The maximum absolute atomic E-state index is 12.4. The highest BCUT2D eigenvalue weighted by molar-refractivity contribution is 6.42. The van der Waals surface area contributed by atoms with Gasteiger partial charge in [0.25, 0.3) is 5.91 Å². The Morgan fingerprint density at radius 3 is 2.25 bits per heavy atom. The molecule has 0 radical (unpaired) electrons. The lowest BCUT2D eigenvalue weighted by atomic mass is 10.2. The van der Waals surface area contributed by atoms with Crippen LogP contribution in [0.2, 0.25) is 10.0 Å². The largest absolute Gasteiger partial charge is 0.497 e. The number of hydrogen-bond donors (Lipinski definition) is 0. The summed E-state index contributed by atoms with van der Waals surface area (Å²) in [5.74, 6) is 0.581. The lowest BCUT2D eigenvalue weighted by molar-refractivity contribution is 0.0993. The summed E-state index contributed by atoms with van der Waals surface area (Å²) in [5.41, 5.74) is 1.25. The molecule has 0 N–H and O–H groups in total. The standard InChI is InChI=1S/C15H13Cl2NO2/c1-18(11-4-6-12(20-2)7-5-11)15(19)10-3-8-13(16)14(17)9-10/h3-9H,1-2H3. The Kier molecular flexibility index (Phi) is 4.53. The molecule has 0 atom stereocenters.